The topological polar surface area (TPSA) is 77.5 Å². The first kappa shape index (κ1) is 21.5. The highest BCUT2D eigenvalue weighted by Gasteiger charge is 2.25. The minimum atomic E-state index is -0.476. The van der Waals surface area contributed by atoms with Crippen LogP contribution >= 0.6 is 0 Å². The van der Waals surface area contributed by atoms with Crippen molar-refractivity contribution in [1.82, 2.24) is 19.7 Å². The second kappa shape index (κ2) is 8.19. The lowest BCUT2D eigenvalue weighted by Gasteiger charge is -2.21. The molecular formula is C25H29FN6O. The van der Waals surface area contributed by atoms with E-state index in [2.05, 4.69) is 45.4 Å². The van der Waals surface area contributed by atoms with Crippen LogP contribution in [0.25, 0.3) is 16.6 Å². The number of aryl methyl sites for hydroxylation is 2. The minimum absolute atomic E-state index is 0.244. The van der Waals surface area contributed by atoms with E-state index in [0.717, 1.165) is 41.8 Å². The molecule has 33 heavy (non-hydrogen) atoms. The first-order valence-electron chi connectivity index (χ1n) is 11.4. The Morgan fingerprint density at radius 3 is 2.85 bits per heavy atom. The van der Waals surface area contributed by atoms with Gasteiger partial charge in [-0.05, 0) is 38.5 Å². The fourth-order valence-corrected chi connectivity index (χ4v) is 4.84. The van der Waals surface area contributed by atoms with Crippen LogP contribution in [0.3, 0.4) is 0 Å². The third-order valence-electron chi connectivity index (χ3n) is 6.13. The molecule has 0 unspecified atom stereocenters. The second-order valence-corrected chi connectivity index (χ2v) is 9.27. The summed E-state index contributed by atoms with van der Waals surface area (Å²) in [6.45, 7) is 10.0. The number of carbonyl (C=O) groups excluding carboxylic acids is 1. The van der Waals surface area contributed by atoms with Gasteiger partial charge in [-0.1, -0.05) is 13.8 Å². The van der Waals surface area contributed by atoms with Crippen LogP contribution in [0.2, 0.25) is 0 Å². The normalized spacial score (nSPS) is 16.4. The molecule has 7 nitrogen and oxygen atoms in total. The standard InChI is InChI=1S/C25H29FN6O/c1-14(2)27-17-7-8-31(12-17)22-6-5-19(23-20(22)9-15(3)28-23)25(33)30-18-10-21(26)24-29-16(4)11-32(24)13-18/h5-6,9-11,13-14,17,27-28H,7-8,12H2,1-4H3,(H,30,33)/t17-/m1/s1. The number of hydrogen-bond donors (Lipinski definition) is 3. The van der Waals surface area contributed by atoms with Gasteiger partial charge in [0, 0.05) is 60.4 Å². The fourth-order valence-electron chi connectivity index (χ4n) is 4.84. The van der Waals surface area contributed by atoms with E-state index in [1.54, 1.807) is 23.7 Å². The third kappa shape index (κ3) is 4.06. The molecule has 0 aliphatic carbocycles. The van der Waals surface area contributed by atoms with E-state index in [-0.39, 0.29) is 11.6 Å². The van der Waals surface area contributed by atoms with E-state index in [4.69, 9.17) is 0 Å². The summed E-state index contributed by atoms with van der Waals surface area (Å²) in [4.78, 5) is 23.1. The first-order chi connectivity index (χ1) is 15.8. The number of imidazole rings is 1. The quantitative estimate of drug-likeness (QED) is 0.423. The Hall–Kier alpha value is -3.39. The van der Waals surface area contributed by atoms with Crippen LogP contribution in [0.4, 0.5) is 15.8 Å². The molecule has 1 atom stereocenters. The molecule has 0 saturated carbocycles. The summed E-state index contributed by atoms with van der Waals surface area (Å²) in [6, 6.07) is 8.17. The summed E-state index contributed by atoms with van der Waals surface area (Å²) >= 11 is 0. The number of aromatic amines is 1. The smallest absolute Gasteiger partial charge is 0.257 e. The Labute approximate surface area is 192 Å². The van der Waals surface area contributed by atoms with Gasteiger partial charge in [0.2, 0.25) is 0 Å². The number of pyridine rings is 1. The molecule has 1 saturated heterocycles. The van der Waals surface area contributed by atoms with Gasteiger partial charge < -0.3 is 24.9 Å². The van der Waals surface area contributed by atoms with Crippen molar-refractivity contribution in [3.8, 4) is 0 Å². The number of hydrogen-bond acceptors (Lipinski definition) is 4. The molecule has 1 fully saturated rings. The zero-order valence-electron chi connectivity index (χ0n) is 19.4. The van der Waals surface area contributed by atoms with Gasteiger partial charge in [-0.3, -0.25) is 4.79 Å². The predicted molar refractivity (Wildman–Crippen MR) is 130 cm³/mol. The number of rotatable bonds is 5. The summed E-state index contributed by atoms with van der Waals surface area (Å²) in [5.74, 6) is -0.763. The minimum Gasteiger partial charge on any atom is -0.369 e. The maximum Gasteiger partial charge on any atom is 0.257 e. The Morgan fingerprint density at radius 2 is 2.06 bits per heavy atom. The molecule has 5 rings (SSSR count). The molecule has 1 aliphatic rings. The van der Waals surface area contributed by atoms with Crippen LogP contribution in [0.5, 0.6) is 0 Å². The molecule has 3 N–H and O–H groups in total. The number of halogens is 1. The summed E-state index contributed by atoms with van der Waals surface area (Å²) < 4.78 is 16.0. The summed E-state index contributed by atoms with van der Waals surface area (Å²) in [7, 11) is 0. The van der Waals surface area contributed by atoms with Gasteiger partial charge in [0.25, 0.3) is 5.91 Å². The van der Waals surface area contributed by atoms with E-state index in [1.807, 2.05) is 19.1 Å². The molecule has 4 heterocycles. The lowest BCUT2D eigenvalue weighted by Crippen LogP contribution is -2.37. The van der Waals surface area contributed by atoms with E-state index in [9.17, 15) is 9.18 Å². The highest BCUT2D eigenvalue weighted by molar-refractivity contribution is 6.14. The molecule has 4 aromatic rings. The lowest BCUT2D eigenvalue weighted by atomic mass is 10.1. The third-order valence-corrected chi connectivity index (χ3v) is 6.13. The van der Waals surface area contributed by atoms with Crippen LogP contribution in [-0.4, -0.2) is 45.4 Å². The average molecular weight is 449 g/mol. The first-order valence-corrected chi connectivity index (χ1v) is 11.4. The molecule has 0 spiro atoms. The van der Waals surface area contributed by atoms with Crippen LogP contribution in [0, 0.1) is 19.7 Å². The molecule has 172 valence electrons. The summed E-state index contributed by atoms with van der Waals surface area (Å²) in [5, 5.41) is 7.49. The summed E-state index contributed by atoms with van der Waals surface area (Å²) in [5.41, 5.74) is 4.77. The molecule has 1 aliphatic heterocycles. The van der Waals surface area contributed by atoms with Gasteiger partial charge in [0.05, 0.1) is 22.5 Å². The maximum absolute atomic E-state index is 14.5. The Balaban J connectivity index is 1.44. The number of H-pyrrole nitrogens is 1. The second-order valence-electron chi connectivity index (χ2n) is 9.27. The lowest BCUT2D eigenvalue weighted by molar-refractivity contribution is 0.102. The molecule has 3 aromatic heterocycles. The molecule has 8 heteroatoms. The van der Waals surface area contributed by atoms with Crippen molar-refractivity contribution in [3.05, 3.63) is 59.4 Å². The van der Waals surface area contributed by atoms with E-state index >= 15 is 0 Å². The van der Waals surface area contributed by atoms with Gasteiger partial charge in [0.15, 0.2) is 11.5 Å². The molecule has 1 aromatic carbocycles. The van der Waals surface area contributed by atoms with E-state index < -0.39 is 5.82 Å². The number of fused-ring (bicyclic) bond motifs is 2. The number of aromatic nitrogens is 3. The van der Waals surface area contributed by atoms with Crippen molar-refractivity contribution in [2.75, 3.05) is 23.3 Å². The molecule has 0 bridgehead atoms. The number of benzene rings is 1. The number of nitrogens with one attached hydrogen (secondary N) is 3. The van der Waals surface area contributed by atoms with Crippen molar-refractivity contribution < 1.29 is 9.18 Å². The SMILES string of the molecule is Cc1cn2cc(NC(=O)c3ccc(N4CC[C@@H](NC(C)C)C4)c4cc(C)[nH]c34)cc(F)c2n1. The number of amides is 1. The maximum atomic E-state index is 14.5. The van der Waals surface area contributed by atoms with Crippen molar-refractivity contribution in [2.24, 2.45) is 0 Å². The molecule has 0 radical (unpaired) electrons. The predicted octanol–water partition coefficient (Wildman–Crippen LogP) is 4.40. The van der Waals surface area contributed by atoms with Crippen molar-refractivity contribution in [3.63, 3.8) is 0 Å². The molecule has 1 amide bonds. The Morgan fingerprint density at radius 1 is 1.24 bits per heavy atom. The van der Waals surface area contributed by atoms with Gasteiger partial charge in [-0.25, -0.2) is 9.37 Å². The highest BCUT2D eigenvalue weighted by atomic mass is 19.1. The van der Waals surface area contributed by atoms with Crippen molar-refractivity contribution in [2.45, 2.75) is 46.2 Å². The molecular weight excluding hydrogens is 419 g/mol. The van der Waals surface area contributed by atoms with Crippen LogP contribution < -0.4 is 15.5 Å². The Bertz CT molecular complexity index is 1350. The van der Waals surface area contributed by atoms with Crippen molar-refractivity contribution in [1.29, 1.82) is 0 Å². The number of carbonyl (C=O) groups is 1. The van der Waals surface area contributed by atoms with Crippen molar-refractivity contribution >= 4 is 33.8 Å². The zero-order valence-corrected chi connectivity index (χ0v) is 19.4. The van der Waals surface area contributed by atoms with Crippen LogP contribution in [0.1, 0.15) is 42.0 Å². The number of nitrogens with zero attached hydrogens (tertiary/aromatic N) is 3. The van der Waals surface area contributed by atoms with Gasteiger partial charge >= 0.3 is 0 Å². The van der Waals surface area contributed by atoms with Gasteiger partial charge in [-0.15, -0.1) is 0 Å². The largest absolute Gasteiger partial charge is 0.369 e. The zero-order chi connectivity index (χ0) is 23.3. The van der Waals surface area contributed by atoms with Gasteiger partial charge in [0.1, 0.15) is 0 Å². The fraction of sp³-hybridized carbons (Fsp3) is 0.360. The van der Waals surface area contributed by atoms with Crippen LogP contribution in [-0.2, 0) is 0 Å². The number of anilines is 2. The highest BCUT2D eigenvalue weighted by Crippen LogP contribution is 2.33. The van der Waals surface area contributed by atoms with Gasteiger partial charge in [-0.2, -0.15) is 0 Å². The van der Waals surface area contributed by atoms with Crippen LogP contribution in [0.15, 0.2) is 36.7 Å². The average Bonchev–Trinajstić information content (AvgIpc) is 3.44. The van der Waals surface area contributed by atoms with E-state index in [0.29, 0.717) is 29.0 Å². The Kier molecular flexibility index (Phi) is 5.32. The van der Waals surface area contributed by atoms with E-state index in [1.165, 1.54) is 6.07 Å². The summed E-state index contributed by atoms with van der Waals surface area (Å²) in [6.07, 6.45) is 4.49. The monoisotopic (exact) mass is 448 g/mol.